The monoisotopic (exact) mass is 406 g/mol. The van der Waals surface area contributed by atoms with Gasteiger partial charge in [0.25, 0.3) is 0 Å². The molecule has 1 aromatic rings. The summed E-state index contributed by atoms with van der Waals surface area (Å²) in [6.07, 6.45) is 0. The number of likely N-dealkylation sites (N-methyl/N-ethyl adjacent to an activating group) is 1. The minimum absolute atomic E-state index is 0. The number of para-hydroxylation sites is 1. The van der Waals surface area contributed by atoms with Crippen molar-refractivity contribution in [1.29, 1.82) is 0 Å². The molecular formula is C15H27IN4O. The number of methoxy groups -OCH3 is 1. The van der Waals surface area contributed by atoms with Crippen molar-refractivity contribution in [2.75, 3.05) is 38.6 Å². The van der Waals surface area contributed by atoms with E-state index < -0.39 is 0 Å². The molecule has 21 heavy (non-hydrogen) atoms. The fourth-order valence-corrected chi connectivity index (χ4v) is 1.95. The maximum atomic E-state index is 5.92. The van der Waals surface area contributed by atoms with Gasteiger partial charge in [0.15, 0.2) is 5.96 Å². The Labute approximate surface area is 145 Å². The van der Waals surface area contributed by atoms with Gasteiger partial charge in [0, 0.05) is 24.9 Å². The molecule has 0 radical (unpaired) electrons. The molecular weight excluding hydrogens is 379 g/mol. The lowest BCUT2D eigenvalue weighted by Crippen LogP contribution is -2.28. The third-order valence-corrected chi connectivity index (χ3v) is 3.17. The van der Waals surface area contributed by atoms with Gasteiger partial charge in [0.2, 0.25) is 0 Å². The van der Waals surface area contributed by atoms with Crippen LogP contribution < -0.4 is 11.1 Å². The summed E-state index contributed by atoms with van der Waals surface area (Å²) in [6, 6.07) is 7.92. The number of benzene rings is 1. The number of guanidine groups is 1. The number of hydrogen-bond donors (Lipinski definition) is 2. The van der Waals surface area contributed by atoms with E-state index in [1.54, 1.807) is 7.11 Å². The Kier molecular flexibility index (Phi) is 11.3. The second-order valence-electron chi connectivity index (χ2n) is 4.51. The third kappa shape index (κ3) is 7.63. The number of nitrogens with zero attached hydrogens (tertiary/aromatic N) is 2. The zero-order valence-electron chi connectivity index (χ0n) is 13.1. The van der Waals surface area contributed by atoms with Crippen LogP contribution in [-0.4, -0.2) is 44.1 Å². The maximum Gasteiger partial charge on any atom is 0.193 e. The molecule has 6 heteroatoms. The normalized spacial score (nSPS) is 11.3. The van der Waals surface area contributed by atoms with E-state index in [9.17, 15) is 0 Å². The van der Waals surface area contributed by atoms with Gasteiger partial charge >= 0.3 is 0 Å². The van der Waals surface area contributed by atoms with Gasteiger partial charge < -0.3 is 20.7 Å². The van der Waals surface area contributed by atoms with Gasteiger partial charge in [-0.1, -0.05) is 32.0 Å². The highest BCUT2D eigenvalue weighted by Gasteiger charge is 2.02. The molecule has 3 N–H and O–H groups in total. The predicted octanol–water partition coefficient (Wildman–Crippen LogP) is 2.52. The molecule has 0 saturated carbocycles. The van der Waals surface area contributed by atoms with E-state index in [0.717, 1.165) is 30.9 Å². The predicted molar refractivity (Wildman–Crippen MR) is 100 cm³/mol. The van der Waals surface area contributed by atoms with Crippen molar-refractivity contribution >= 4 is 35.6 Å². The van der Waals surface area contributed by atoms with E-state index in [1.807, 2.05) is 24.3 Å². The Morgan fingerprint density at radius 3 is 2.57 bits per heavy atom. The van der Waals surface area contributed by atoms with Crippen molar-refractivity contribution in [1.82, 2.24) is 4.90 Å². The maximum absolute atomic E-state index is 5.92. The van der Waals surface area contributed by atoms with Gasteiger partial charge in [-0.15, -0.1) is 24.0 Å². The molecule has 0 heterocycles. The largest absolute Gasteiger partial charge is 0.380 e. The lowest BCUT2D eigenvalue weighted by Gasteiger charge is -2.16. The number of aliphatic imine (C=N–C) groups is 1. The summed E-state index contributed by atoms with van der Waals surface area (Å²) in [7, 11) is 1.68. The summed E-state index contributed by atoms with van der Waals surface area (Å²) < 4.78 is 5.16. The molecule has 0 fully saturated rings. The number of ether oxygens (including phenoxy) is 1. The number of halogens is 1. The van der Waals surface area contributed by atoms with Gasteiger partial charge in [-0.2, -0.15) is 0 Å². The third-order valence-electron chi connectivity index (χ3n) is 3.17. The molecule has 0 aliphatic heterocycles. The molecule has 5 nitrogen and oxygen atoms in total. The first-order valence-electron chi connectivity index (χ1n) is 7.07. The van der Waals surface area contributed by atoms with Crippen molar-refractivity contribution in [3.05, 3.63) is 29.8 Å². The Bertz CT molecular complexity index is 422. The molecule has 0 amide bonds. The van der Waals surface area contributed by atoms with Gasteiger partial charge in [0.05, 0.1) is 13.2 Å². The van der Waals surface area contributed by atoms with E-state index in [1.165, 1.54) is 0 Å². The van der Waals surface area contributed by atoms with Gasteiger partial charge in [-0.3, -0.25) is 4.99 Å². The minimum Gasteiger partial charge on any atom is -0.380 e. The van der Waals surface area contributed by atoms with Crippen LogP contribution in [-0.2, 0) is 11.3 Å². The molecule has 0 aliphatic rings. The Morgan fingerprint density at radius 1 is 1.29 bits per heavy atom. The highest BCUT2D eigenvalue weighted by molar-refractivity contribution is 14.0. The molecule has 1 rings (SSSR count). The molecule has 0 atom stereocenters. The number of nitrogens with one attached hydrogen (secondary N) is 1. The quantitative estimate of drug-likeness (QED) is 0.396. The van der Waals surface area contributed by atoms with Gasteiger partial charge in [-0.05, 0) is 19.2 Å². The minimum atomic E-state index is 0. The van der Waals surface area contributed by atoms with Crippen molar-refractivity contribution in [3.63, 3.8) is 0 Å². The molecule has 0 unspecified atom stereocenters. The standard InChI is InChI=1S/C15H26N4O.HI/c1-4-19(5-2)11-10-17-15(16)18-14-9-7-6-8-13(14)12-20-3;/h6-9H,4-5,10-12H2,1-3H3,(H3,16,17,18);1H. The lowest BCUT2D eigenvalue weighted by atomic mass is 10.2. The average molecular weight is 406 g/mol. The molecule has 1 aromatic carbocycles. The summed E-state index contributed by atoms with van der Waals surface area (Å²) in [5.41, 5.74) is 7.93. The van der Waals surface area contributed by atoms with Gasteiger partial charge in [0.1, 0.15) is 0 Å². The highest BCUT2D eigenvalue weighted by atomic mass is 127. The summed E-state index contributed by atoms with van der Waals surface area (Å²) in [4.78, 5) is 6.67. The van der Waals surface area contributed by atoms with Crippen LogP contribution in [0.25, 0.3) is 0 Å². The first-order chi connectivity index (χ1) is 9.71. The van der Waals surface area contributed by atoms with E-state index in [-0.39, 0.29) is 24.0 Å². The molecule has 120 valence electrons. The molecule has 0 aromatic heterocycles. The fraction of sp³-hybridized carbons (Fsp3) is 0.533. The fourth-order valence-electron chi connectivity index (χ4n) is 1.95. The van der Waals surface area contributed by atoms with Crippen LogP contribution in [0.2, 0.25) is 0 Å². The smallest absolute Gasteiger partial charge is 0.193 e. The topological polar surface area (TPSA) is 62.9 Å². The number of hydrogen-bond acceptors (Lipinski definition) is 3. The number of nitrogens with two attached hydrogens (primary N) is 1. The summed E-state index contributed by atoms with van der Waals surface area (Å²) in [6.45, 7) is 8.55. The van der Waals surface area contributed by atoms with Crippen LogP contribution in [0.3, 0.4) is 0 Å². The van der Waals surface area contributed by atoms with Crippen LogP contribution in [0.15, 0.2) is 29.3 Å². The number of anilines is 1. The first-order valence-corrected chi connectivity index (χ1v) is 7.07. The van der Waals surface area contributed by atoms with E-state index in [0.29, 0.717) is 19.1 Å². The molecule has 0 saturated heterocycles. The highest BCUT2D eigenvalue weighted by Crippen LogP contribution is 2.15. The Hall–Kier alpha value is -0.860. The summed E-state index contributed by atoms with van der Waals surface area (Å²) >= 11 is 0. The molecule has 0 bridgehead atoms. The van der Waals surface area contributed by atoms with Crippen LogP contribution in [0, 0.1) is 0 Å². The summed E-state index contributed by atoms with van der Waals surface area (Å²) in [5.74, 6) is 0.445. The first kappa shape index (κ1) is 20.1. The lowest BCUT2D eigenvalue weighted by molar-refractivity contribution is 0.185. The van der Waals surface area contributed by atoms with Crippen molar-refractivity contribution in [2.24, 2.45) is 10.7 Å². The Balaban J connectivity index is 0.00000400. The van der Waals surface area contributed by atoms with Crippen molar-refractivity contribution in [2.45, 2.75) is 20.5 Å². The summed E-state index contributed by atoms with van der Waals surface area (Å²) in [5, 5.41) is 3.13. The van der Waals surface area contributed by atoms with Crippen LogP contribution in [0.1, 0.15) is 19.4 Å². The van der Waals surface area contributed by atoms with E-state index in [4.69, 9.17) is 10.5 Å². The zero-order chi connectivity index (χ0) is 14.8. The van der Waals surface area contributed by atoms with E-state index in [2.05, 4.69) is 29.1 Å². The SMILES string of the molecule is CCN(CC)CCN=C(N)Nc1ccccc1COC.I. The Morgan fingerprint density at radius 2 is 1.95 bits per heavy atom. The average Bonchev–Trinajstić information content (AvgIpc) is 2.46. The van der Waals surface area contributed by atoms with E-state index >= 15 is 0 Å². The van der Waals surface area contributed by atoms with Crippen LogP contribution >= 0.6 is 24.0 Å². The molecule has 0 aliphatic carbocycles. The van der Waals surface area contributed by atoms with Crippen molar-refractivity contribution in [3.8, 4) is 0 Å². The second-order valence-corrected chi connectivity index (χ2v) is 4.51. The second kappa shape index (κ2) is 11.8. The number of rotatable bonds is 8. The van der Waals surface area contributed by atoms with Crippen LogP contribution in [0.5, 0.6) is 0 Å². The van der Waals surface area contributed by atoms with Crippen molar-refractivity contribution < 1.29 is 4.74 Å². The molecule has 0 spiro atoms. The van der Waals surface area contributed by atoms with Gasteiger partial charge in [-0.25, -0.2) is 0 Å². The van der Waals surface area contributed by atoms with Crippen LogP contribution in [0.4, 0.5) is 5.69 Å². The zero-order valence-corrected chi connectivity index (χ0v) is 15.5.